The van der Waals surface area contributed by atoms with Gasteiger partial charge in [0.25, 0.3) is 0 Å². The van der Waals surface area contributed by atoms with Gasteiger partial charge in [0, 0.05) is 38.8 Å². The van der Waals surface area contributed by atoms with Crippen molar-refractivity contribution in [2.75, 3.05) is 46.3 Å². The van der Waals surface area contributed by atoms with Crippen LogP contribution in [0, 0.1) is 11.8 Å². The first-order chi connectivity index (χ1) is 10.1. The maximum atomic E-state index is 6.01. The minimum atomic E-state index is 0.503. The summed E-state index contributed by atoms with van der Waals surface area (Å²) in [5.41, 5.74) is 6.01. The zero-order valence-corrected chi connectivity index (χ0v) is 14.0. The van der Waals surface area contributed by atoms with Gasteiger partial charge in [0.1, 0.15) is 0 Å². The maximum absolute atomic E-state index is 6.01. The van der Waals surface area contributed by atoms with Crippen molar-refractivity contribution in [1.82, 2.24) is 15.1 Å². The zero-order valence-electron chi connectivity index (χ0n) is 14.0. The highest BCUT2D eigenvalue weighted by Crippen LogP contribution is 2.25. The smallest absolute Gasteiger partial charge is 0.188 e. The minimum absolute atomic E-state index is 0.503. The van der Waals surface area contributed by atoms with Gasteiger partial charge in [-0.3, -0.25) is 9.89 Å². The second-order valence-corrected chi connectivity index (χ2v) is 7.05. The number of nitrogens with one attached hydrogen (secondary N) is 1. The highest BCUT2D eigenvalue weighted by atomic mass is 15.3. The summed E-state index contributed by atoms with van der Waals surface area (Å²) in [5, 5.41) is 3.29. The van der Waals surface area contributed by atoms with E-state index < -0.39 is 0 Å². The first-order valence-corrected chi connectivity index (χ1v) is 8.52. The molecule has 0 bridgehead atoms. The predicted octanol–water partition coefficient (Wildman–Crippen LogP) is 0.963. The predicted molar refractivity (Wildman–Crippen MR) is 89.5 cm³/mol. The third-order valence-electron chi connectivity index (χ3n) is 5.02. The zero-order chi connectivity index (χ0) is 15.2. The summed E-state index contributed by atoms with van der Waals surface area (Å²) >= 11 is 0. The van der Waals surface area contributed by atoms with Crippen LogP contribution in [0.15, 0.2) is 4.99 Å². The Kier molecular flexibility index (Phi) is 6.30. The molecule has 1 saturated carbocycles. The Labute approximate surface area is 130 Å². The van der Waals surface area contributed by atoms with E-state index in [4.69, 9.17) is 5.73 Å². The summed E-state index contributed by atoms with van der Waals surface area (Å²) in [5.74, 6) is 2.05. The van der Waals surface area contributed by atoms with Gasteiger partial charge in [0.15, 0.2) is 5.96 Å². The van der Waals surface area contributed by atoms with E-state index >= 15 is 0 Å². The fourth-order valence-electron chi connectivity index (χ4n) is 3.10. The molecule has 122 valence electrons. The minimum Gasteiger partial charge on any atom is -0.370 e. The van der Waals surface area contributed by atoms with Crippen molar-refractivity contribution in [2.24, 2.45) is 22.6 Å². The number of piperazine rings is 1. The van der Waals surface area contributed by atoms with Crippen molar-refractivity contribution in [3.8, 4) is 0 Å². The summed E-state index contributed by atoms with van der Waals surface area (Å²) in [6.45, 7) is 11.0. The number of nitrogens with two attached hydrogens (primary N) is 1. The topological polar surface area (TPSA) is 56.9 Å². The Morgan fingerprint density at radius 3 is 2.43 bits per heavy atom. The molecule has 2 fully saturated rings. The highest BCUT2D eigenvalue weighted by Gasteiger charge is 2.24. The molecule has 2 rings (SSSR count). The third kappa shape index (κ3) is 5.15. The van der Waals surface area contributed by atoms with Crippen LogP contribution in [0.2, 0.25) is 0 Å². The van der Waals surface area contributed by atoms with Crippen molar-refractivity contribution in [3.63, 3.8) is 0 Å². The molecule has 21 heavy (non-hydrogen) atoms. The number of nitrogens with zero attached hydrogens (tertiary/aromatic N) is 3. The van der Waals surface area contributed by atoms with Gasteiger partial charge < -0.3 is 16.0 Å². The molecule has 1 aliphatic heterocycles. The van der Waals surface area contributed by atoms with E-state index in [1.807, 2.05) is 0 Å². The molecule has 1 heterocycles. The maximum Gasteiger partial charge on any atom is 0.188 e. The summed E-state index contributed by atoms with van der Waals surface area (Å²) in [7, 11) is 2.20. The van der Waals surface area contributed by atoms with Crippen LogP contribution in [-0.4, -0.2) is 68.1 Å². The SMILES string of the molecule is CC(C)C(CN=C(N)NCC1CCC1)N1CCN(C)CC1. The molecule has 0 amide bonds. The number of rotatable bonds is 6. The lowest BCUT2D eigenvalue weighted by atomic mass is 9.85. The van der Waals surface area contributed by atoms with Gasteiger partial charge in [-0.25, -0.2) is 0 Å². The summed E-state index contributed by atoms with van der Waals surface area (Å²) < 4.78 is 0. The van der Waals surface area contributed by atoms with E-state index in [0.717, 1.165) is 45.2 Å². The molecule has 2 aliphatic rings. The monoisotopic (exact) mass is 295 g/mol. The molecule has 1 unspecified atom stereocenters. The Balaban J connectivity index is 1.78. The van der Waals surface area contributed by atoms with Crippen molar-refractivity contribution in [1.29, 1.82) is 0 Å². The standard InChI is InChI=1S/C16H33N5/c1-13(2)15(21-9-7-20(3)8-10-21)12-19-16(17)18-11-14-5-4-6-14/h13-15H,4-12H2,1-3H3,(H3,17,18,19). The molecule has 0 aromatic rings. The van der Waals surface area contributed by atoms with Crippen LogP contribution < -0.4 is 11.1 Å². The van der Waals surface area contributed by atoms with Gasteiger partial charge in [-0.1, -0.05) is 20.3 Å². The van der Waals surface area contributed by atoms with Gasteiger partial charge in [-0.05, 0) is 31.7 Å². The number of hydrogen-bond acceptors (Lipinski definition) is 3. The quantitative estimate of drug-likeness (QED) is 0.566. The van der Waals surface area contributed by atoms with E-state index in [2.05, 4.69) is 41.0 Å². The van der Waals surface area contributed by atoms with Crippen molar-refractivity contribution < 1.29 is 0 Å². The third-order valence-corrected chi connectivity index (χ3v) is 5.02. The van der Waals surface area contributed by atoms with E-state index in [9.17, 15) is 0 Å². The molecule has 0 aromatic carbocycles. The number of hydrogen-bond donors (Lipinski definition) is 2. The van der Waals surface area contributed by atoms with Gasteiger partial charge in [-0.15, -0.1) is 0 Å². The van der Waals surface area contributed by atoms with Crippen LogP contribution in [0.3, 0.4) is 0 Å². The second-order valence-electron chi connectivity index (χ2n) is 7.05. The fraction of sp³-hybridized carbons (Fsp3) is 0.938. The van der Waals surface area contributed by atoms with Crippen LogP contribution in [0.4, 0.5) is 0 Å². The van der Waals surface area contributed by atoms with Gasteiger partial charge in [0.05, 0.1) is 6.54 Å². The van der Waals surface area contributed by atoms with E-state index in [1.54, 1.807) is 0 Å². The van der Waals surface area contributed by atoms with Crippen LogP contribution in [0.1, 0.15) is 33.1 Å². The van der Waals surface area contributed by atoms with E-state index in [1.165, 1.54) is 19.3 Å². The first kappa shape index (κ1) is 16.6. The largest absolute Gasteiger partial charge is 0.370 e. The van der Waals surface area contributed by atoms with Crippen molar-refractivity contribution in [2.45, 2.75) is 39.2 Å². The molecular weight excluding hydrogens is 262 g/mol. The molecule has 0 spiro atoms. The Morgan fingerprint density at radius 2 is 1.90 bits per heavy atom. The normalized spacial score (nSPS) is 24.1. The number of likely N-dealkylation sites (N-methyl/N-ethyl adjacent to an activating group) is 1. The fourth-order valence-corrected chi connectivity index (χ4v) is 3.10. The molecule has 1 saturated heterocycles. The Bertz CT molecular complexity index is 330. The van der Waals surface area contributed by atoms with Crippen LogP contribution in [0.25, 0.3) is 0 Å². The molecule has 3 N–H and O–H groups in total. The first-order valence-electron chi connectivity index (χ1n) is 8.52. The van der Waals surface area contributed by atoms with Crippen LogP contribution >= 0.6 is 0 Å². The number of aliphatic imine (C=N–C) groups is 1. The molecule has 0 aromatic heterocycles. The molecule has 1 atom stereocenters. The molecule has 1 aliphatic carbocycles. The molecule has 5 nitrogen and oxygen atoms in total. The molecular formula is C16H33N5. The van der Waals surface area contributed by atoms with Gasteiger partial charge in [-0.2, -0.15) is 0 Å². The lowest BCUT2D eigenvalue weighted by Crippen LogP contribution is -2.52. The number of guanidine groups is 1. The van der Waals surface area contributed by atoms with Gasteiger partial charge in [0.2, 0.25) is 0 Å². The Morgan fingerprint density at radius 1 is 1.24 bits per heavy atom. The molecule has 0 radical (unpaired) electrons. The average molecular weight is 295 g/mol. The van der Waals surface area contributed by atoms with Crippen LogP contribution in [0.5, 0.6) is 0 Å². The Hall–Kier alpha value is -0.810. The van der Waals surface area contributed by atoms with Gasteiger partial charge >= 0.3 is 0 Å². The second kappa shape index (κ2) is 7.99. The van der Waals surface area contributed by atoms with E-state index in [-0.39, 0.29) is 0 Å². The molecule has 5 heteroatoms. The summed E-state index contributed by atoms with van der Waals surface area (Å²) in [4.78, 5) is 9.57. The van der Waals surface area contributed by atoms with E-state index in [0.29, 0.717) is 17.9 Å². The lowest BCUT2D eigenvalue weighted by molar-refractivity contribution is 0.0925. The van der Waals surface area contributed by atoms with Crippen molar-refractivity contribution >= 4 is 5.96 Å². The average Bonchev–Trinajstić information content (AvgIpc) is 2.39. The lowest BCUT2D eigenvalue weighted by Gasteiger charge is -2.39. The van der Waals surface area contributed by atoms with Crippen molar-refractivity contribution in [3.05, 3.63) is 0 Å². The highest BCUT2D eigenvalue weighted by molar-refractivity contribution is 5.77. The van der Waals surface area contributed by atoms with Crippen LogP contribution in [-0.2, 0) is 0 Å². The summed E-state index contributed by atoms with van der Waals surface area (Å²) in [6, 6.07) is 0.503. The summed E-state index contributed by atoms with van der Waals surface area (Å²) in [6.07, 6.45) is 4.06.